The number of halogens is 1. The predicted molar refractivity (Wildman–Crippen MR) is 208 cm³/mol. The van der Waals surface area contributed by atoms with Gasteiger partial charge in [0.2, 0.25) is 0 Å². The number of allylic oxidation sites excluding steroid dienone is 2. The van der Waals surface area contributed by atoms with Gasteiger partial charge in [0.25, 0.3) is 17.7 Å². The predicted octanol–water partition coefficient (Wildman–Crippen LogP) is 4.90. The normalized spacial score (nSPS) is 17.5. The summed E-state index contributed by atoms with van der Waals surface area (Å²) in [4.78, 5) is 77.4. The van der Waals surface area contributed by atoms with Gasteiger partial charge in [0.1, 0.15) is 53.9 Å². The molecule has 2 aliphatic heterocycles. The van der Waals surface area contributed by atoms with Crippen LogP contribution in [0, 0.1) is 0 Å². The monoisotopic (exact) mass is 810 g/mol. The molecule has 15 nitrogen and oxygen atoms in total. The number of alkyl carbamates (subject to hydrolysis) is 1. The third-order valence-electron chi connectivity index (χ3n) is 7.85. The number of thioether (sulfide) groups is 1. The zero-order valence-electron chi connectivity index (χ0n) is 30.5. The molecule has 3 atom stereocenters. The number of carbonyl (C=O) groups is 5. The van der Waals surface area contributed by atoms with Crippen LogP contribution in [0.15, 0.2) is 88.6 Å². The Labute approximate surface area is 330 Å². The molecule has 1 aromatic heterocycles. The van der Waals surface area contributed by atoms with Crippen LogP contribution in [-0.2, 0) is 40.1 Å². The van der Waals surface area contributed by atoms with Crippen LogP contribution < -0.4 is 20.7 Å². The van der Waals surface area contributed by atoms with E-state index in [2.05, 4.69) is 26.1 Å². The molecule has 18 heteroatoms. The van der Waals surface area contributed by atoms with E-state index in [0.29, 0.717) is 22.6 Å². The first kappa shape index (κ1) is 40.8. The van der Waals surface area contributed by atoms with E-state index in [0.717, 1.165) is 16.9 Å². The summed E-state index contributed by atoms with van der Waals surface area (Å²) in [6, 6.07) is 13.4. The van der Waals surface area contributed by atoms with Crippen molar-refractivity contribution in [2.45, 2.75) is 50.4 Å². The maximum atomic E-state index is 13.6. The fourth-order valence-electron chi connectivity index (χ4n) is 5.38. The number of nitrogens with zero attached hydrogens (tertiary/aromatic N) is 3. The Morgan fingerprint density at radius 1 is 1.09 bits per heavy atom. The van der Waals surface area contributed by atoms with E-state index in [4.69, 9.17) is 30.6 Å². The molecule has 2 unspecified atom stereocenters. The van der Waals surface area contributed by atoms with Crippen molar-refractivity contribution < 1.29 is 43.0 Å². The molecule has 290 valence electrons. The Kier molecular flexibility index (Phi) is 13.6. The number of rotatable bonds is 14. The number of β-lactam (4-membered cyclic amide) rings is 1. The molecule has 1 fully saturated rings. The van der Waals surface area contributed by atoms with Crippen LogP contribution in [0.4, 0.5) is 9.93 Å². The van der Waals surface area contributed by atoms with Crippen LogP contribution in [0.3, 0.4) is 0 Å². The van der Waals surface area contributed by atoms with Gasteiger partial charge in [0.15, 0.2) is 10.8 Å². The van der Waals surface area contributed by atoms with Gasteiger partial charge in [-0.15, -0.1) is 34.7 Å². The third-order valence-corrected chi connectivity index (χ3v) is 10.1. The Bertz CT molecular complexity index is 2000. The summed E-state index contributed by atoms with van der Waals surface area (Å²) in [6.07, 6.45) is 2.55. The number of amides is 4. The molecule has 0 aliphatic carbocycles. The zero-order chi connectivity index (χ0) is 39.7. The number of aromatic nitrogens is 1. The smallest absolute Gasteiger partial charge is 0.408 e. The van der Waals surface area contributed by atoms with Gasteiger partial charge in [-0.2, -0.15) is 0 Å². The molecule has 0 bridgehead atoms. The SMILES string of the molecule is CO/N=C(/C(=O)NC1C(=O)N2C(C(=O)OCc3ccc(OC)cc3)=C(/C=C\CCl)CSC12)c1csc(NC(=O)[C@@H](NC(=O)OC(C)(C)C)c2ccccc2)n1. The number of benzene rings is 2. The van der Waals surface area contributed by atoms with Gasteiger partial charge >= 0.3 is 12.1 Å². The highest BCUT2D eigenvalue weighted by Gasteiger charge is 2.54. The van der Waals surface area contributed by atoms with Gasteiger partial charge in [-0.1, -0.05) is 59.8 Å². The minimum absolute atomic E-state index is 0.0427. The quantitative estimate of drug-likeness (QED) is 0.0661. The highest BCUT2D eigenvalue weighted by molar-refractivity contribution is 8.00. The molecule has 5 rings (SSSR count). The molecule has 0 saturated carbocycles. The molecule has 3 aromatic rings. The molecular weight excluding hydrogens is 772 g/mol. The summed E-state index contributed by atoms with van der Waals surface area (Å²) in [5.74, 6) is -1.46. The van der Waals surface area contributed by atoms with Crippen LogP contribution in [0.2, 0.25) is 0 Å². The van der Waals surface area contributed by atoms with E-state index in [1.54, 1.807) is 94.6 Å². The van der Waals surface area contributed by atoms with Crippen molar-refractivity contribution in [1.82, 2.24) is 20.5 Å². The standard InChI is InChI=1S/C37H39ClN6O9S2/c1-37(2,3)53-36(49)41-26(22-10-7-6-8-11-22)30(45)42-35-39-25(20-55-35)27(43-51-5)31(46)40-28-32(47)44-29(23(12-9-17-38)19-54-33(28)44)34(48)52-18-21-13-15-24(50-4)16-14-21/h6-16,20,26,28,33H,17-19H2,1-5H3,(H,40,46)(H,41,49)(H,39,42,45)/b12-9-,43-27+/t26-,28?,33?/m0/s1. The average Bonchev–Trinajstić information content (AvgIpc) is 3.63. The van der Waals surface area contributed by atoms with Crippen molar-refractivity contribution in [2.75, 3.05) is 31.2 Å². The first-order chi connectivity index (χ1) is 26.3. The molecular formula is C37H39ClN6O9S2. The molecule has 2 aliphatic rings. The number of esters is 1. The number of nitrogens with one attached hydrogen (secondary N) is 3. The van der Waals surface area contributed by atoms with E-state index >= 15 is 0 Å². The minimum atomic E-state index is -1.14. The van der Waals surface area contributed by atoms with E-state index < -0.39 is 52.8 Å². The molecule has 3 heterocycles. The van der Waals surface area contributed by atoms with Crippen molar-refractivity contribution in [3.63, 3.8) is 0 Å². The molecule has 55 heavy (non-hydrogen) atoms. The summed E-state index contributed by atoms with van der Waals surface area (Å²) in [6.45, 7) is 5.07. The molecule has 1 saturated heterocycles. The fraction of sp³-hybridized carbons (Fsp3) is 0.324. The van der Waals surface area contributed by atoms with E-state index in [1.165, 1.54) is 29.2 Å². The zero-order valence-corrected chi connectivity index (χ0v) is 32.9. The lowest BCUT2D eigenvalue weighted by Crippen LogP contribution is -2.71. The number of carbonyl (C=O) groups excluding carboxylic acids is 5. The van der Waals surface area contributed by atoms with Crippen LogP contribution in [0.25, 0.3) is 0 Å². The number of ether oxygens (including phenoxy) is 3. The van der Waals surface area contributed by atoms with E-state index in [-0.39, 0.29) is 34.7 Å². The lowest BCUT2D eigenvalue weighted by Gasteiger charge is -2.49. The maximum absolute atomic E-state index is 13.6. The highest BCUT2D eigenvalue weighted by atomic mass is 35.5. The largest absolute Gasteiger partial charge is 0.497 e. The van der Waals surface area contributed by atoms with Crippen molar-refractivity contribution in [1.29, 1.82) is 0 Å². The summed E-state index contributed by atoms with van der Waals surface area (Å²) < 4.78 is 16.1. The number of oxime groups is 1. The second-order valence-corrected chi connectivity index (χ2v) is 15.1. The molecule has 3 N–H and O–H groups in total. The third kappa shape index (κ3) is 10.2. The lowest BCUT2D eigenvalue weighted by atomic mass is 10.0. The summed E-state index contributed by atoms with van der Waals surface area (Å²) in [7, 11) is 2.79. The van der Waals surface area contributed by atoms with Crippen LogP contribution in [0.1, 0.15) is 43.6 Å². The minimum Gasteiger partial charge on any atom is -0.497 e. The van der Waals surface area contributed by atoms with Gasteiger partial charge in [-0.25, -0.2) is 14.6 Å². The summed E-state index contributed by atoms with van der Waals surface area (Å²) in [5, 5.41) is 12.8. The summed E-state index contributed by atoms with van der Waals surface area (Å²) >= 11 is 8.22. The van der Waals surface area contributed by atoms with E-state index in [1.807, 2.05) is 0 Å². The Morgan fingerprint density at radius 3 is 2.47 bits per heavy atom. The van der Waals surface area contributed by atoms with Crippen molar-refractivity contribution >= 4 is 75.3 Å². The van der Waals surface area contributed by atoms with Crippen molar-refractivity contribution in [3.8, 4) is 5.75 Å². The second-order valence-electron chi connectivity index (χ2n) is 12.9. The van der Waals surface area contributed by atoms with Crippen LogP contribution >= 0.6 is 34.7 Å². The average molecular weight is 811 g/mol. The first-order valence-electron chi connectivity index (χ1n) is 16.8. The number of hydrogen-bond donors (Lipinski definition) is 3. The second kappa shape index (κ2) is 18.3. The number of fused-ring (bicyclic) bond motifs is 1. The van der Waals surface area contributed by atoms with Crippen molar-refractivity contribution in [3.05, 3.63) is 100 Å². The first-order valence-corrected chi connectivity index (χ1v) is 19.2. The number of alkyl halides is 1. The van der Waals surface area contributed by atoms with Crippen LogP contribution in [0.5, 0.6) is 5.75 Å². The number of thiazole rings is 1. The fourth-order valence-corrected chi connectivity index (χ4v) is 7.49. The Balaban J connectivity index is 1.27. The number of hydrogen-bond acceptors (Lipinski definition) is 13. The van der Waals surface area contributed by atoms with Gasteiger partial charge in [-0.05, 0) is 49.6 Å². The number of methoxy groups -OCH3 is 1. The van der Waals surface area contributed by atoms with E-state index in [9.17, 15) is 24.0 Å². The lowest BCUT2D eigenvalue weighted by molar-refractivity contribution is -0.153. The van der Waals surface area contributed by atoms with Gasteiger partial charge in [0, 0.05) is 17.0 Å². The van der Waals surface area contributed by atoms with Gasteiger partial charge in [-0.3, -0.25) is 24.6 Å². The maximum Gasteiger partial charge on any atom is 0.408 e. The molecule has 4 amide bonds. The van der Waals surface area contributed by atoms with Crippen molar-refractivity contribution in [2.24, 2.45) is 5.16 Å². The Morgan fingerprint density at radius 2 is 1.82 bits per heavy atom. The van der Waals surface area contributed by atoms with Crippen LogP contribution in [-0.4, -0.2) is 88.2 Å². The molecule has 2 aromatic carbocycles. The Hall–Kier alpha value is -5.39. The molecule has 0 spiro atoms. The number of anilines is 1. The topological polar surface area (TPSA) is 187 Å². The van der Waals surface area contributed by atoms with Gasteiger partial charge in [0.05, 0.1) is 7.11 Å². The summed E-state index contributed by atoms with van der Waals surface area (Å²) in [5.41, 5.74) is 0.816. The highest BCUT2D eigenvalue weighted by Crippen LogP contribution is 2.41. The van der Waals surface area contributed by atoms with Gasteiger partial charge < -0.3 is 29.7 Å². The molecule has 0 radical (unpaired) electrons.